The van der Waals surface area contributed by atoms with Gasteiger partial charge in [0, 0.05) is 11.1 Å². The molecule has 0 aliphatic carbocycles. The normalized spacial score (nSPS) is 11.5. The first-order valence-corrected chi connectivity index (χ1v) is 10.4. The smallest absolute Gasteiger partial charge is 0.374 e. The Balaban J connectivity index is 2.43. The number of ketones is 1. The van der Waals surface area contributed by atoms with Crippen LogP contribution >= 0.6 is 0 Å². The van der Waals surface area contributed by atoms with Crippen LogP contribution in [0.15, 0.2) is 42.5 Å². The molecule has 9 nitrogen and oxygen atoms in total. The van der Waals surface area contributed by atoms with Crippen LogP contribution in [0.3, 0.4) is 0 Å². The van der Waals surface area contributed by atoms with Gasteiger partial charge in [-0.25, -0.2) is 14.4 Å². The minimum absolute atomic E-state index is 0.0591. The van der Waals surface area contributed by atoms with E-state index in [1.54, 1.807) is 41.5 Å². The molecule has 0 spiro atoms. The van der Waals surface area contributed by atoms with Gasteiger partial charge in [0.15, 0.2) is 5.78 Å². The summed E-state index contributed by atoms with van der Waals surface area (Å²) < 4.78 is 4.79. The number of rotatable bonds is 7. The number of ether oxygens (including phenoxy) is 1. The summed E-state index contributed by atoms with van der Waals surface area (Å²) >= 11 is 0. The van der Waals surface area contributed by atoms with Gasteiger partial charge in [-0.2, -0.15) is 9.78 Å². The number of hydrogen-bond acceptors (Lipinski definition) is 9. The van der Waals surface area contributed by atoms with Crippen molar-refractivity contribution in [1.29, 1.82) is 0 Å². The Morgan fingerprint density at radius 3 is 1.71 bits per heavy atom. The van der Waals surface area contributed by atoms with E-state index >= 15 is 0 Å². The first kappa shape index (κ1) is 26.7. The second-order valence-electron chi connectivity index (χ2n) is 9.26. The Morgan fingerprint density at radius 1 is 0.647 bits per heavy atom. The number of methoxy groups -OCH3 is 1. The second kappa shape index (κ2) is 10.6. The highest BCUT2D eigenvalue weighted by Gasteiger charge is 2.28. The van der Waals surface area contributed by atoms with Crippen molar-refractivity contribution in [1.82, 2.24) is 0 Å². The molecule has 182 valence electrons. The third-order valence-corrected chi connectivity index (χ3v) is 4.01. The maximum absolute atomic E-state index is 13.3. The Bertz CT molecular complexity index is 1090. The molecule has 0 aromatic heterocycles. The molecule has 0 atom stereocenters. The zero-order valence-electron chi connectivity index (χ0n) is 20.2. The van der Waals surface area contributed by atoms with Crippen LogP contribution in [0.1, 0.15) is 88.5 Å². The first-order valence-electron chi connectivity index (χ1n) is 10.4. The molecule has 0 aliphatic rings. The number of carbonyl (C=O) groups excluding carboxylic acids is 4. The number of hydrogen-bond donors (Lipinski definition) is 0. The summed E-state index contributed by atoms with van der Waals surface area (Å²) in [6.45, 7) is 10.1. The monoisotopic (exact) mass is 472 g/mol. The van der Waals surface area contributed by atoms with E-state index in [0.717, 1.165) is 7.11 Å². The molecule has 0 radical (unpaired) electrons. The number of benzene rings is 2. The quantitative estimate of drug-likeness (QED) is 0.249. The largest absolute Gasteiger partial charge is 0.465 e. The van der Waals surface area contributed by atoms with Crippen molar-refractivity contribution in [3.05, 3.63) is 70.3 Å². The fourth-order valence-corrected chi connectivity index (χ4v) is 2.60. The molecular formula is C25H28O9. The molecule has 2 aromatic rings. The molecule has 9 heteroatoms. The van der Waals surface area contributed by atoms with E-state index in [2.05, 4.69) is 0 Å². The zero-order valence-corrected chi connectivity index (χ0v) is 20.2. The van der Waals surface area contributed by atoms with Crippen molar-refractivity contribution in [2.24, 2.45) is 0 Å². The number of carbonyl (C=O) groups is 4. The Morgan fingerprint density at radius 2 is 1.15 bits per heavy atom. The van der Waals surface area contributed by atoms with Crippen molar-refractivity contribution in [2.75, 3.05) is 7.11 Å². The van der Waals surface area contributed by atoms with Gasteiger partial charge < -0.3 is 4.74 Å². The topological polar surface area (TPSA) is 114 Å². The predicted octanol–water partition coefficient (Wildman–Crippen LogP) is 4.48. The van der Waals surface area contributed by atoms with Gasteiger partial charge in [0.05, 0.1) is 23.8 Å². The Kier molecular flexibility index (Phi) is 8.31. The van der Waals surface area contributed by atoms with Crippen LogP contribution in [-0.4, -0.2) is 42.0 Å². The highest BCUT2D eigenvalue weighted by molar-refractivity contribution is 6.17. The van der Waals surface area contributed by atoms with Gasteiger partial charge in [0.1, 0.15) is 11.2 Å². The van der Waals surface area contributed by atoms with E-state index in [1.165, 1.54) is 42.5 Å². The summed E-state index contributed by atoms with van der Waals surface area (Å²) in [6, 6.07) is 9.78. The third-order valence-electron chi connectivity index (χ3n) is 4.01. The lowest BCUT2D eigenvalue weighted by Crippen LogP contribution is -2.24. The average Bonchev–Trinajstić information content (AvgIpc) is 2.78. The van der Waals surface area contributed by atoms with Crippen molar-refractivity contribution in [2.45, 2.75) is 52.7 Å². The minimum atomic E-state index is -0.971. The molecule has 2 aromatic carbocycles. The maximum atomic E-state index is 13.3. The highest BCUT2D eigenvalue weighted by atomic mass is 17.2. The van der Waals surface area contributed by atoms with E-state index in [4.69, 9.17) is 24.3 Å². The minimum Gasteiger partial charge on any atom is -0.465 e. The van der Waals surface area contributed by atoms with Crippen LogP contribution in [0.4, 0.5) is 0 Å². The van der Waals surface area contributed by atoms with Gasteiger partial charge in [-0.1, -0.05) is 24.3 Å². The molecule has 2 rings (SSSR count). The van der Waals surface area contributed by atoms with Crippen molar-refractivity contribution >= 4 is 23.7 Å². The molecule has 0 bridgehead atoms. The molecule has 0 saturated heterocycles. The maximum Gasteiger partial charge on any atom is 0.374 e. The van der Waals surface area contributed by atoms with Crippen LogP contribution in [0.25, 0.3) is 0 Å². The van der Waals surface area contributed by atoms with Gasteiger partial charge in [0.2, 0.25) is 0 Å². The van der Waals surface area contributed by atoms with E-state index < -0.39 is 34.9 Å². The van der Waals surface area contributed by atoms with Gasteiger partial charge >= 0.3 is 17.9 Å². The highest BCUT2D eigenvalue weighted by Crippen LogP contribution is 2.23. The Labute approximate surface area is 197 Å². The van der Waals surface area contributed by atoms with Crippen LogP contribution < -0.4 is 0 Å². The van der Waals surface area contributed by atoms with Crippen molar-refractivity contribution in [3.63, 3.8) is 0 Å². The molecule has 0 heterocycles. The molecule has 34 heavy (non-hydrogen) atoms. The van der Waals surface area contributed by atoms with Crippen LogP contribution in [-0.2, 0) is 24.3 Å². The van der Waals surface area contributed by atoms with Gasteiger partial charge in [-0.3, -0.25) is 14.6 Å². The Hall–Kier alpha value is -3.56. The van der Waals surface area contributed by atoms with Gasteiger partial charge in [-0.05, 0) is 59.7 Å². The lowest BCUT2D eigenvalue weighted by atomic mass is 9.94. The fraction of sp³-hybridized carbons (Fsp3) is 0.360. The summed E-state index contributed by atoms with van der Waals surface area (Å²) in [4.78, 5) is 70.5. The first-order chi connectivity index (χ1) is 15.7. The lowest BCUT2D eigenvalue weighted by molar-refractivity contribution is -0.301. The van der Waals surface area contributed by atoms with Gasteiger partial charge in [0.25, 0.3) is 0 Å². The molecule has 0 fully saturated rings. The van der Waals surface area contributed by atoms with E-state index in [1.807, 2.05) is 0 Å². The standard InChI is InChI=1S/C25H28O9/c1-24(2,3)33-31-21(27)16-11-8-10-15(14-16)20(26)17-12-9-13-18(19(17)23(29)30-7)22(28)32-34-25(4,5)6/h8-14H,1-7H3. The van der Waals surface area contributed by atoms with E-state index in [-0.39, 0.29) is 27.8 Å². The van der Waals surface area contributed by atoms with E-state index in [9.17, 15) is 19.2 Å². The summed E-state index contributed by atoms with van der Waals surface area (Å²) in [7, 11) is 1.12. The van der Waals surface area contributed by atoms with Crippen LogP contribution in [0.5, 0.6) is 0 Å². The van der Waals surface area contributed by atoms with Crippen molar-refractivity contribution < 1.29 is 43.5 Å². The summed E-state index contributed by atoms with van der Waals surface area (Å²) in [5, 5.41) is 0. The van der Waals surface area contributed by atoms with Crippen molar-refractivity contribution in [3.8, 4) is 0 Å². The second-order valence-corrected chi connectivity index (χ2v) is 9.26. The SMILES string of the molecule is COC(=O)c1c(C(=O)OOC(C)(C)C)cccc1C(=O)c1cccc(C(=O)OOC(C)(C)C)c1. The average molecular weight is 472 g/mol. The molecular weight excluding hydrogens is 444 g/mol. The summed E-state index contributed by atoms with van der Waals surface area (Å²) in [5.41, 5.74) is -1.99. The lowest BCUT2D eigenvalue weighted by Gasteiger charge is -2.18. The molecule has 0 saturated carbocycles. The van der Waals surface area contributed by atoms with Gasteiger partial charge in [-0.15, -0.1) is 0 Å². The third kappa shape index (κ3) is 7.23. The molecule has 0 aliphatic heterocycles. The molecule has 0 amide bonds. The summed E-state index contributed by atoms with van der Waals surface area (Å²) in [5.74, 6) is -3.31. The van der Waals surface area contributed by atoms with Crippen LogP contribution in [0.2, 0.25) is 0 Å². The number of esters is 1. The van der Waals surface area contributed by atoms with Crippen LogP contribution in [0, 0.1) is 0 Å². The summed E-state index contributed by atoms with van der Waals surface area (Å²) in [6.07, 6.45) is 0. The van der Waals surface area contributed by atoms with E-state index in [0.29, 0.717) is 0 Å². The fourth-order valence-electron chi connectivity index (χ4n) is 2.60. The predicted molar refractivity (Wildman–Crippen MR) is 120 cm³/mol. The molecule has 0 N–H and O–H groups in total. The zero-order chi connectivity index (χ0) is 25.7. The molecule has 0 unspecified atom stereocenters.